The minimum atomic E-state index is -3.37. The van der Waals surface area contributed by atoms with Crippen LogP contribution in [0.1, 0.15) is 81.1 Å². The van der Waals surface area contributed by atoms with Crippen molar-refractivity contribution in [2.45, 2.75) is 92.3 Å². The van der Waals surface area contributed by atoms with E-state index in [-0.39, 0.29) is 5.12 Å². The predicted molar refractivity (Wildman–Crippen MR) is 139 cm³/mol. The molecule has 0 saturated carbocycles. The summed E-state index contributed by atoms with van der Waals surface area (Å²) >= 11 is 2.56. The van der Waals surface area contributed by atoms with Gasteiger partial charge in [0.25, 0.3) is 0 Å². The standard InChI is InChI=1S/C23H46NO5PS2/c1-9-22(6,7)28-30(26,29-23(8,10-2)11-3)32-19-18-31-20(25)21(4,5)12-13-24-14-16-27-17-15-24/h9-19H2,1-8H3. The molecule has 0 radical (unpaired) electrons. The molecule has 0 aromatic carbocycles. The molecule has 0 N–H and O–H groups in total. The van der Waals surface area contributed by atoms with Crippen molar-refractivity contribution in [2.24, 2.45) is 5.41 Å². The molecule has 1 aliphatic heterocycles. The average Bonchev–Trinajstić information content (AvgIpc) is 2.75. The van der Waals surface area contributed by atoms with Crippen molar-refractivity contribution in [3.63, 3.8) is 0 Å². The zero-order valence-electron chi connectivity index (χ0n) is 21.5. The first-order chi connectivity index (χ1) is 14.8. The van der Waals surface area contributed by atoms with Crippen LogP contribution in [0, 0.1) is 5.41 Å². The van der Waals surface area contributed by atoms with Crippen LogP contribution in [0.5, 0.6) is 0 Å². The summed E-state index contributed by atoms with van der Waals surface area (Å²) in [6.07, 6.45) is 3.08. The molecule has 190 valence electrons. The summed E-state index contributed by atoms with van der Waals surface area (Å²) in [6.45, 7) is 16.9. The Morgan fingerprint density at radius 3 is 2.09 bits per heavy atom. The molecule has 0 aliphatic carbocycles. The fourth-order valence-electron chi connectivity index (χ4n) is 2.93. The summed E-state index contributed by atoms with van der Waals surface area (Å²) in [7, 11) is 0. The Labute approximate surface area is 204 Å². The molecular formula is C23H46NO5PS2. The summed E-state index contributed by atoms with van der Waals surface area (Å²) in [5.41, 5.74) is -1.41. The molecule has 1 heterocycles. The maximum Gasteiger partial charge on any atom is 0.390 e. The lowest BCUT2D eigenvalue weighted by molar-refractivity contribution is -0.118. The Balaban J connectivity index is 2.60. The van der Waals surface area contributed by atoms with E-state index in [0.29, 0.717) is 11.5 Å². The van der Waals surface area contributed by atoms with Gasteiger partial charge in [0.15, 0.2) is 5.12 Å². The van der Waals surface area contributed by atoms with Crippen molar-refractivity contribution in [1.82, 2.24) is 4.90 Å². The van der Waals surface area contributed by atoms with Gasteiger partial charge in [-0.1, -0.05) is 46.4 Å². The number of thioether (sulfide) groups is 1. The maximum atomic E-state index is 13.6. The van der Waals surface area contributed by atoms with Crippen molar-refractivity contribution in [1.29, 1.82) is 0 Å². The van der Waals surface area contributed by atoms with E-state index in [2.05, 4.69) is 4.90 Å². The highest BCUT2D eigenvalue weighted by atomic mass is 32.7. The van der Waals surface area contributed by atoms with Gasteiger partial charge in [0.2, 0.25) is 0 Å². The molecule has 0 aromatic rings. The molecule has 1 saturated heterocycles. The number of hydrogen-bond donors (Lipinski definition) is 0. The quantitative estimate of drug-likeness (QED) is 0.179. The molecule has 0 spiro atoms. The van der Waals surface area contributed by atoms with E-state index < -0.39 is 23.4 Å². The van der Waals surface area contributed by atoms with Crippen LogP contribution in [0.3, 0.4) is 0 Å². The molecular weight excluding hydrogens is 465 g/mol. The van der Waals surface area contributed by atoms with E-state index in [1.54, 1.807) is 0 Å². The van der Waals surface area contributed by atoms with Gasteiger partial charge < -0.3 is 4.74 Å². The lowest BCUT2D eigenvalue weighted by atomic mass is 9.91. The van der Waals surface area contributed by atoms with E-state index in [9.17, 15) is 9.36 Å². The van der Waals surface area contributed by atoms with Gasteiger partial charge in [-0.2, -0.15) is 0 Å². The lowest BCUT2D eigenvalue weighted by Crippen LogP contribution is -2.39. The molecule has 6 nitrogen and oxygen atoms in total. The summed E-state index contributed by atoms with van der Waals surface area (Å²) in [5, 5.41) is 0.184. The zero-order valence-corrected chi connectivity index (χ0v) is 24.1. The third kappa shape index (κ3) is 10.8. The van der Waals surface area contributed by atoms with Crippen molar-refractivity contribution in [3.8, 4) is 0 Å². The van der Waals surface area contributed by atoms with E-state index in [1.165, 1.54) is 23.1 Å². The Morgan fingerprint density at radius 2 is 1.56 bits per heavy atom. The van der Waals surface area contributed by atoms with Gasteiger partial charge in [-0.15, -0.1) is 0 Å². The van der Waals surface area contributed by atoms with Crippen molar-refractivity contribution < 1.29 is 23.1 Å². The molecule has 1 aliphatic rings. The third-order valence-electron chi connectivity index (χ3n) is 6.31. The summed E-state index contributed by atoms with van der Waals surface area (Å²) in [6, 6.07) is 0. The van der Waals surface area contributed by atoms with Crippen molar-refractivity contribution >= 4 is 35.1 Å². The third-order valence-corrected chi connectivity index (χ3v) is 11.8. The highest BCUT2D eigenvalue weighted by Gasteiger charge is 2.39. The lowest BCUT2D eigenvalue weighted by Gasteiger charge is -2.35. The van der Waals surface area contributed by atoms with Crippen molar-refractivity contribution in [3.05, 3.63) is 0 Å². The van der Waals surface area contributed by atoms with Crippen LogP contribution in [0.4, 0.5) is 0 Å². The molecule has 1 rings (SSSR count). The monoisotopic (exact) mass is 511 g/mol. The van der Waals surface area contributed by atoms with Crippen LogP contribution in [0.25, 0.3) is 0 Å². The molecule has 0 amide bonds. The topological polar surface area (TPSA) is 65.1 Å². The van der Waals surface area contributed by atoms with Gasteiger partial charge in [0.05, 0.1) is 24.4 Å². The minimum absolute atomic E-state index is 0.184. The fraction of sp³-hybridized carbons (Fsp3) is 0.957. The Kier molecular flexibility index (Phi) is 12.9. The highest BCUT2D eigenvalue weighted by molar-refractivity contribution is 8.55. The SMILES string of the molecule is CCC(C)(C)OP(=O)(OC(C)(CC)CC)SCCSC(=O)C(C)(C)CCN1CCOCC1. The molecule has 1 unspecified atom stereocenters. The normalized spacial score (nSPS) is 18.5. The Bertz CT molecular complexity index is 620. The van der Waals surface area contributed by atoms with E-state index >= 15 is 0 Å². The second-order valence-electron chi connectivity index (χ2n) is 9.96. The summed E-state index contributed by atoms with van der Waals surface area (Å²) in [4.78, 5) is 15.2. The molecule has 0 aromatic heterocycles. The number of nitrogens with zero attached hydrogens (tertiary/aromatic N) is 1. The van der Waals surface area contributed by atoms with Gasteiger partial charge in [0.1, 0.15) is 0 Å². The van der Waals surface area contributed by atoms with Crippen LogP contribution in [-0.4, -0.2) is 65.6 Å². The number of carbonyl (C=O) groups is 1. The predicted octanol–water partition coefficient (Wildman–Crippen LogP) is 6.64. The average molecular weight is 512 g/mol. The first-order valence-corrected chi connectivity index (χ1v) is 16.1. The Morgan fingerprint density at radius 1 is 0.969 bits per heavy atom. The summed E-state index contributed by atoms with van der Waals surface area (Å²) in [5.74, 6) is 1.12. The van der Waals surface area contributed by atoms with E-state index in [0.717, 1.165) is 58.5 Å². The van der Waals surface area contributed by atoms with Crippen LogP contribution in [0.15, 0.2) is 0 Å². The van der Waals surface area contributed by atoms with E-state index in [4.69, 9.17) is 13.8 Å². The number of carbonyl (C=O) groups excluding carboxylic acids is 1. The first kappa shape index (κ1) is 30.5. The maximum absolute atomic E-state index is 13.6. The van der Waals surface area contributed by atoms with Gasteiger partial charge in [-0.25, -0.2) is 4.57 Å². The number of rotatable bonds is 15. The molecule has 1 fully saturated rings. The second-order valence-corrected chi connectivity index (χ2v) is 15.1. The fourth-order valence-corrected chi connectivity index (χ4v) is 8.94. The van der Waals surface area contributed by atoms with Gasteiger partial charge in [0, 0.05) is 30.0 Å². The van der Waals surface area contributed by atoms with Crippen LogP contribution in [-0.2, 0) is 23.1 Å². The van der Waals surface area contributed by atoms with Gasteiger partial charge >= 0.3 is 6.80 Å². The number of morpholine rings is 1. The zero-order chi connectivity index (χ0) is 24.5. The largest absolute Gasteiger partial charge is 0.390 e. The minimum Gasteiger partial charge on any atom is -0.379 e. The van der Waals surface area contributed by atoms with Crippen molar-refractivity contribution in [2.75, 3.05) is 44.4 Å². The molecule has 1 atom stereocenters. The van der Waals surface area contributed by atoms with Gasteiger partial charge in [-0.3, -0.25) is 18.7 Å². The molecule has 9 heteroatoms. The molecule has 32 heavy (non-hydrogen) atoms. The van der Waals surface area contributed by atoms with Crippen LogP contribution in [0.2, 0.25) is 0 Å². The van der Waals surface area contributed by atoms with Gasteiger partial charge in [-0.05, 0) is 64.4 Å². The second kappa shape index (κ2) is 13.5. The number of ether oxygens (including phenoxy) is 1. The smallest absolute Gasteiger partial charge is 0.379 e. The van der Waals surface area contributed by atoms with E-state index in [1.807, 2.05) is 55.4 Å². The first-order valence-electron chi connectivity index (χ1n) is 11.9. The number of hydrogen-bond acceptors (Lipinski definition) is 8. The summed E-state index contributed by atoms with van der Waals surface area (Å²) < 4.78 is 31.2. The van der Waals surface area contributed by atoms with Crippen LogP contribution < -0.4 is 0 Å². The molecule has 0 bridgehead atoms. The highest BCUT2D eigenvalue weighted by Crippen LogP contribution is 2.65. The Hall–Kier alpha value is 0.440. The van der Waals surface area contributed by atoms with Crippen LogP contribution >= 0.6 is 29.9 Å².